The number of benzene rings is 1. The maximum absolute atomic E-state index is 13.9. The van der Waals surface area contributed by atoms with Gasteiger partial charge in [-0.3, -0.25) is 0 Å². The molecule has 0 spiro atoms. The quantitative estimate of drug-likeness (QED) is 0.809. The normalized spacial score (nSPS) is 15.9. The van der Waals surface area contributed by atoms with Crippen LogP contribution in [0.3, 0.4) is 0 Å². The van der Waals surface area contributed by atoms with Crippen LogP contribution in [-0.4, -0.2) is 36.4 Å². The zero-order valence-corrected chi connectivity index (χ0v) is 12.7. The van der Waals surface area contributed by atoms with E-state index in [-0.39, 0.29) is 11.9 Å². The molecule has 0 radical (unpaired) electrons. The van der Waals surface area contributed by atoms with Gasteiger partial charge in [0.1, 0.15) is 11.6 Å². The molecule has 2 unspecified atom stereocenters. The van der Waals surface area contributed by atoms with Crippen LogP contribution in [0.4, 0.5) is 4.39 Å². The van der Waals surface area contributed by atoms with Crippen LogP contribution in [0.1, 0.15) is 25.5 Å². The number of hydrogen-bond donors (Lipinski definition) is 2. The number of ether oxygens (including phenoxy) is 1. The third kappa shape index (κ3) is 4.67. The van der Waals surface area contributed by atoms with Crippen molar-refractivity contribution < 1.29 is 14.2 Å². The van der Waals surface area contributed by atoms with Crippen LogP contribution in [0.2, 0.25) is 0 Å². The highest BCUT2D eigenvalue weighted by Gasteiger charge is 2.22. The molecule has 0 fully saturated rings. The second kappa shape index (κ2) is 7.12. The number of halogens is 1. The number of methoxy groups -OCH3 is 1. The van der Waals surface area contributed by atoms with Crippen LogP contribution in [0.15, 0.2) is 18.2 Å². The van der Waals surface area contributed by atoms with Gasteiger partial charge < -0.3 is 15.2 Å². The van der Waals surface area contributed by atoms with Crippen molar-refractivity contribution in [1.29, 1.82) is 0 Å². The molecule has 1 aromatic rings. The monoisotopic (exact) mass is 287 g/mol. The van der Waals surface area contributed by atoms with Crippen molar-refractivity contribution in [2.75, 3.05) is 25.7 Å². The fraction of sp³-hybridized carbons (Fsp3) is 0.571. The predicted octanol–water partition coefficient (Wildman–Crippen LogP) is 2.60. The smallest absolute Gasteiger partial charge is 0.131 e. The van der Waals surface area contributed by atoms with Crippen LogP contribution in [0.5, 0.6) is 5.75 Å². The number of nitrogens with one attached hydrogen (secondary N) is 1. The van der Waals surface area contributed by atoms with Gasteiger partial charge in [-0.2, -0.15) is 11.8 Å². The molecular weight excluding hydrogens is 265 g/mol. The molecule has 19 heavy (non-hydrogen) atoms. The lowest BCUT2D eigenvalue weighted by atomic mass is 10.0. The molecule has 0 aliphatic heterocycles. The predicted molar refractivity (Wildman–Crippen MR) is 78.4 cm³/mol. The Morgan fingerprint density at radius 2 is 2.21 bits per heavy atom. The van der Waals surface area contributed by atoms with Crippen molar-refractivity contribution in [2.45, 2.75) is 25.5 Å². The van der Waals surface area contributed by atoms with Crippen LogP contribution in [0, 0.1) is 5.82 Å². The molecule has 1 aromatic carbocycles. The lowest BCUT2D eigenvalue weighted by molar-refractivity contribution is 0.0818. The molecule has 3 nitrogen and oxygen atoms in total. The second-order valence-electron chi connectivity index (χ2n) is 4.89. The summed E-state index contributed by atoms with van der Waals surface area (Å²) in [6.45, 7) is 4.02. The Labute approximate surface area is 118 Å². The van der Waals surface area contributed by atoms with Crippen LogP contribution in [0.25, 0.3) is 0 Å². The highest BCUT2D eigenvalue weighted by atomic mass is 32.2. The summed E-state index contributed by atoms with van der Waals surface area (Å²) in [7, 11) is 1.52. The highest BCUT2D eigenvalue weighted by molar-refractivity contribution is 7.98. The van der Waals surface area contributed by atoms with Gasteiger partial charge in [0.25, 0.3) is 0 Å². The summed E-state index contributed by atoms with van der Waals surface area (Å²) < 4.78 is 19.0. The minimum Gasteiger partial charge on any atom is -0.496 e. The molecule has 1 rings (SSSR count). The van der Waals surface area contributed by atoms with Crippen molar-refractivity contribution in [3.63, 3.8) is 0 Å². The van der Waals surface area contributed by atoms with Gasteiger partial charge in [-0.25, -0.2) is 4.39 Å². The molecule has 2 atom stereocenters. The van der Waals surface area contributed by atoms with Gasteiger partial charge in [0, 0.05) is 23.9 Å². The van der Waals surface area contributed by atoms with Gasteiger partial charge in [-0.1, -0.05) is 6.07 Å². The Hall–Kier alpha value is -0.780. The van der Waals surface area contributed by atoms with E-state index in [9.17, 15) is 9.50 Å². The Bertz CT molecular complexity index is 412. The van der Waals surface area contributed by atoms with Crippen LogP contribution >= 0.6 is 11.8 Å². The van der Waals surface area contributed by atoms with E-state index in [2.05, 4.69) is 5.32 Å². The lowest BCUT2D eigenvalue weighted by Gasteiger charge is -2.26. The van der Waals surface area contributed by atoms with E-state index in [0.29, 0.717) is 23.6 Å². The average molecular weight is 287 g/mol. The number of hydrogen-bond acceptors (Lipinski definition) is 4. The van der Waals surface area contributed by atoms with Gasteiger partial charge in [0.2, 0.25) is 0 Å². The Morgan fingerprint density at radius 3 is 2.79 bits per heavy atom. The minimum absolute atomic E-state index is 0.232. The van der Waals surface area contributed by atoms with Gasteiger partial charge in [-0.15, -0.1) is 0 Å². The van der Waals surface area contributed by atoms with Crippen molar-refractivity contribution in [2.24, 2.45) is 0 Å². The van der Waals surface area contributed by atoms with Crippen LogP contribution in [-0.2, 0) is 0 Å². The topological polar surface area (TPSA) is 41.5 Å². The van der Waals surface area contributed by atoms with Crippen molar-refractivity contribution in [3.8, 4) is 5.75 Å². The Kier molecular flexibility index (Phi) is 6.10. The molecule has 0 amide bonds. The zero-order chi connectivity index (χ0) is 14.5. The Balaban J connectivity index is 2.76. The third-order valence-corrected chi connectivity index (χ3v) is 3.82. The first-order chi connectivity index (χ1) is 8.91. The van der Waals surface area contributed by atoms with Gasteiger partial charge in [0.05, 0.1) is 12.7 Å². The van der Waals surface area contributed by atoms with E-state index >= 15 is 0 Å². The lowest BCUT2D eigenvalue weighted by Crippen LogP contribution is -2.41. The summed E-state index contributed by atoms with van der Waals surface area (Å²) in [5.41, 5.74) is -0.323. The summed E-state index contributed by atoms with van der Waals surface area (Å²) >= 11 is 1.58. The summed E-state index contributed by atoms with van der Waals surface area (Å²) in [6, 6.07) is 4.53. The first kappa shape index (κ1) is 16.3. The summed E-state index contributed by atoms with van der Waals surface area (Å²) in [4.78, 5) is 0. The van der Waals surface area contributed by atoms with Gasteiger partial charge in [-0.05, 0) is 32.2 Å². The van der Waals surface area contributed by atoms with Gasteiger partial charge >= 0.3 is 0 Å². The maximum atomic E-state index is 13.9. The molecule has 2 N–H and O–H groups in total. The molecule has 0 aliphatic carbocycles. The van der Waals surface area contributed by atoms with Crippen LogP contribution < -0.4 is 10.1 Å². The molecule has 108 valence electrons. The molecule has 0 aromatic heterocycles. The minimum atomic E-state index is -0.813. The number of aliphatic hydroxyl groups is 1. The molecular formula is C14H22FNO2S. The van der Waals surface area contributed by atoms with E-state index in [1.165, 1.54) is 13.2 Å². The SMILES string of the molecule is COc1cccc(F)c1C(C)NCC(C)(O)CSC. The molecule has 0 saturated heterocycles. The third-order valence-electron chi connectivity index (χ3n) is 2.91. The molecule has 0 saturated carbocycles. The first-order valence-electron chi connectivity index (χ1n) is 6.18. The fourth-order valence-corrected chi connectivity index (χ4v) is 2.68. The summed E-state index contributed by atoms with van der Waals surface area (Å²) in [6.07, 6.45) is 1.94. The van der Waals surface area contributed by atoms with E-state index in [4.69, 9.17) is 4.74 Å². The highest BCUT2D eigenvalue weighted by Crippen LogP contribution is 2.27. The van der Waals surface area contributed by atoms with E-state index in [1.807, 2.05) is 13.2 Å². The van der Waals surface area contributed by atoms with E-state index in [1.54, 1.807) is 30.8 Å². The van der Waals surface area contributed by atoms with E-state index < -0.39 is 5.60 Å². The van der Waals surface area contributed by atoms with Crippen molar-refractivity contribution in [1.82, 2.24) is 5.32 Å². The van der Waals surface area contributed by atoms with Gasteiger partial charge in [0.15, 0.2) is 0 Å². The first-order valence-corrected chi connectivity index (χ1v) is 7.58. The molecule has 5 heteroatoms. The average Bonchev–Trinajstić information content (AvgIpc) is 2.35. The second-order valence-corrected chi connectivity index (χ2v) is 5.75. The maximum Gasteiger partial charge on any atom is 0.131 e. The standard InChI is InChI=1S/C14H22FNO2S/c1-10(16-8-14(2,17)9-19-4)13-11(15)6-5-7-12(13)18-3/h5-7,10,16-17H,8-9H2,1-4H3. The van der Waals surface area contributed by atoms with Crippen molar-refractivity contribution >= 4 is 11.8 Å². The largest absolute Gasteiger partial charge is 0.496 e. The molecule has 0 bridgehead atoms. The number of thioether (sulfide) groups is 1. The molecule has 0 aliphatic rings. The summed E-state index contributed by atoms with van der Waals surface area (Å²) in [5, 5.41) is 13.3. The molecule has 0 heterocycles. The Morgan fingerprint density at radius 1 is 1.53 bits per heavy atom. The van der Waals surface area contributed by atoms with E-state index in [0.717, 1.165) is 0 Å². The van der Waals surface area contributed by atoms with Crippen molar-refractivity contribution in [3.05, 3.63) is 29.6 Å². The fourth-order valence-electron chi connectivity index (χ4n) is 1.95. The zero-order valence-electron chi connectivity index (χ0n) is 11.9. The number of rotatable bonds is 7. The summed E-state index contributed by atoms with van der Waals surface area (Å²) in [5.74, 6) is 0.842.